The summed E-state index contributed by atoms with van der Waals surface area (Å²) in [5, 5.41) is 7.43. The number of carbonyl (C=O) groups excluding carboxylic acids is 1. The molecule has 244 valence electrons. The van der Waals surface area contributed by atoms with Gasteiger partial charge in [-0.3, -0.25) is 4.79 Å². The molecule has 1 fully saturated rings. The smallest absolute Gasteiger partial charge is 0.271 e. The second-order valence-electron chi connectivity index (χ2n) is 11.0. The Morgan fingerprint density at radius 2 is 1.53 bits per heavy atom. The van der Waals surface area contributed by atoms with Crippen LogP contribution in [0.15, 0.2) is 73.2 Å². The number of methoxy groups -OCH3 is 3. The van der Waals surface area contributed by atoms with Crippen molar-refractivity contribution in [2.24, 2.45) is 0 Å². The topological polar surface area (TPSA) is 128 Å². The maximum Gasteiger partial charge on any atom is 0.271 e. The molecule has 13 heteroatoms. The number of anilines is 2. The van der Waals surface area contributed by atoms with E-state index in [2.05, 4.69) is 20.2 Å². The predicted molar refractivity (Wildman–Crippen MR) is 177 cm³/mol. The molecular formula is C34H38N8O5. The van der Waals surface area contributed by atoms with Crippen LogP contribution in [0.1, 0.15) is 21.6 Å². The molecule has 6 rings (SSSR count). The highest BCUT2D eigenvalue weighted by atomic mass is 16.5. The van der Waals surface area contributed by atoms with Gasteiger partial charge in [-0.05, 0) is 35.4 Å². The minimum Gasteiger partial charge on any atom is -0.497 e. The number of amides is 1. The molecule has 1 N–H and O–H groups in total. The molecule has 0 radical (unpaired) electrons. The Bertz CT molecular complexity index is 1720. The fraction of sp³-hybridized carbons (Fsp3) is 0.324. The molecule has 1 amide bonds. The summed E-state index contributed by atoms with van der Waals surface area (Å²) in [6.45, 7) is 4.51. The lowest BCUT2D eigenvalue weighted by Gasteiger charge is -2.28. The van der Waals surface area contributed by atoms with Crippen molar-refractivity contribution in [2.75, 3.05) is 70.6 Å². The quantitative estimate of drug-likeness (QED) is 0.190. The molecule has 3 aromatic heterocycles. The van der Waals surface area contributed by atoms with Crippen LogP contribution in [0, 0.1) is 0 Å². The monoisotopic (exact) mass is 638 g/mol. The molecular weight excluding hydrogens is 600 g/mol. The molecule has 0 saturated carbocycles. The van der Waals surface area contributed by atoms with Crippen molar-refractivity contribution in [3.05, 3.63) is 90.0 Å². The van der Waals surface area contributed by atoms with E-state index in [4.69, 9.17) is 33.9 Å². The number of benzene rings is 2. The van der Waals surface area contributed by atoms with Gasteiger partial charge in [-0.15, -0.1) is 0 Å². The Hall–Kier alpha value is -5.27. The maximum absolute atomic E-state index is 12.8. The van der Waals surface area contributed by atoms with Crippen LogP contribution in [0.3, 0.4) is 0 Å². The van der Waals surface area contributed by atoms with Gasteiger partial charge in [0.25, 0.3) is 5.91 Å². The number of hydrogen-bond donors (Lipinski definition) is 1. The van der Waals surface area contributed by atoms with E-state index in [9.17, 15) is 4.79 Å². The fourth-order valence-corrected chi connectivity index (χ4v) is 5.31. The molecule has 1 aliphatic rings. The summed E-state index contributed by atoms with van der Waals surface area (Å²) in [5.41, 5.74) is 4.58. The molecule has 5 aromatic rings. The average molecular weight is 639 g/mol. The number of fused-ring (bicyclic) bond motifs is 1. The normalized spacial score (nSPS) is 13.0. The lowest BCUT2D eigenvalue weighted by atomic mass is 10.1. The third kappa shape index (κ3) is 7.59. The molecule has 2 aromatic carbocycles. The van der Waals surface area contributed by atoms with Crippen molar-refractivity contribution in [1.29, 1.82) is 0 Å². The molecule has 0 aliphatic carbocycles. The van der Waals surface area contributed by atoms with Crippen LogP contribution in [0.5, 0.6) is 11.5 Å². The summed E-state index contributed by atoms with van der Waals surface area (Å²) >= 11 is 0. The van der Waals surface area contributed by atoms with Crippen LogP contribution in [-0.4, -0.2) is 91.3 Å². The van der Waals surface area contributed by atoms with Crippen molar-refractivity contribution in [3.8, 4) is 22.8 Å². The number of hydrogen-bond acceptors (Lipinski definition) is 11. The standard InChI is InChI=1S/C34H38N8O5/c1-44-15-12-35-33(43)29-18-31-32(40-13-16-47-17-14-40)38-30(23-42(31)39-29)26-19-36-34(37-20-26)41(21-24-4-8-27(45-2)9-5-24)22-25-6-10-28(46-3)11-7-25/h4-11,18-20,23H,12-17,21-22H2,1-3H3,(H,35,43). The highest BCUT2D eigenvalue weighted by molar-refractivity contribution is 5.94. The summed E-state index contributed by atoms with van der Waals surface area (Å²) in [6, 6.07) is 17.7. The van der Waals surface area contributed by atoms with Gasteiger partial charge < -0.3 is 34.1 Å². The van der Waals surface area contributed by atoms with Crippen molar-refractivity contribution >= 4 is 23.2 Å². The first kappa shape index (κ1) is 31.7. The number of nitrogens with zero attached hydrogens (tertiary/aromatic N) is 7. The van der Waals surface area contributed by atoms with E-state index in [1.165, 1.54) is 0 Å². The fourth-order valence-electron chi connectivity index (χ4n) is 5.31. The van der Waals surface area contributed by atoms with Crippen LogP contribution in [0.2, 0.25) is 0 Å². The van der Waals surface area contributed by atoms with Gasteiger partial charge in [0.05, 0.1) is 45.9 Å². The lowest BCUT2D eigenvalue weighted by molar-refractivity contribution is 0.0931. The van der Waals surface area contributed by atoms with E-state index < -0.39 is 0 Å². The molecule has 0 spiro atoms. The molecule has 13 nitrogen and oxygen atoms in total. The van der Waals surface area contributed by atoms with E-state index in [-0.39, 0.29) is 5.91 Å². The summed E-state index contributed by atoms with van der Waals surface area (Å²) < 4.78 is 23.0. The summed E-state index contributed by atoms with van der Waals surface area (Å²) in [5.74, 6) is 2.62. The Labute approximate surface area is 273 Å². The third-order valence-corrected chi connectivity index (χ3v) is 7.85. The van der Waals surface area contributed by atoms with Crippen LogP contribution < -0.4 is 24.6 Å². The molecule has 0 bridgehead atoms. The van der Waals surface area contributed by atoms with Crippen molar-refractivity contribution in [2.45, 2.75) is 13.1 Å². The SMILES string of the molecule is COCCNC(=O)c1cc2c(N3CCOCC3)nc(-c3cnc(N(Cc4ccc(OC)cc4)Cc4ccc(OC)cc4)nc3)cn2n1. The minimum atomic E-state index is -0.276. The van der Waals surface area contributed by atoms with E-state index in [0.29, 0.717) is 69.9 Å². The Kier molecular flexibility index (Phi) is 10.0. The Balaban J connectivity index is 1.31. The maximum atomic E-state index is 12.8. The molecule has 47 heavy (non-hydrogen) atoms. The second kappa shape index (κ2) is 14.9. The highest BCUT2D eigenvalue weighted by Crippen LogP contribution is 2.27. The summed E-state index contributed by atoms with van der Waals surface area (Å²) in [6.07, 6.45) is 5.35. The highest BCUT2D eigenvalue weighted by Gasteiger charge is 2.21. The first-order valence-corrected chi connectivity index (χ1v) is 15.4. The summed E-state index contributed by atoms with van der Waals surface area (Å²) in [7, 11) is 4.90. The first-order valence-electron chi connectivity index (χ1n) is 15.4. The van der Waals surface area contributed by atoms with E-state index in [1.807, 2.05) is 48.5 Å². The van der Waals surface area contributed by atoms with Crippen molar-refractivity contribution < 1.29 is 23.7 Å². The van der Waals surface area contributed by atoms with Gasteiger partial charge in [0.2, 0.25) is 5.95 Å². The number of aromatic nitrogens is 5. The van der Waals surface area contributed by atoms with Gasteiger partial charge in [0.15, 0.2) is 11.5 Å². The van der Waals surface area contributed by atoms with Gasteiger partial charge in [0, 0.05) is 63.9 Å². The lowest BCUT2D eigenvalue weighted by Crippen LogP contribution is -2.37. The van der Waals surface area contributed by atoms with Gasteiger partial charge in [-0.2, -0.15) is 5.10 Å². The van der Waals surface area contributed by atoms with Crippen LogP contribution in [-0.2, 0) is 22.6 Å². The van der Waals surface area contributed by atoms with Gasteiger partial charge in [0.1, 0.15) is 17.0 Å². The van der Waals surface area contributed by atoms with E-state index >= 15 is 0 Å². The number of rotatable bonds is 13. The Morgan fingerprint density at radius 3 is 2.11 bits per heavy atom. The van der Waals surface area contributed by atoms with E-state index in [0.717, 1.165) is 39.5 Å². The van der Waals surface area contributed by atoms with Crippen LogP contribution in [0.25, 0.3) is 16.8 Å². The predicted octanol–water partition coefficient (Wildman–Crippen LogP) is 3.62. The number of nitrogens with one attached hydrogen (secondary N) is 1. The largest absolute Gasteiger partial charge is 0.497 e. The van der Waals surface area contributed by atoms with Crippen LogP contribution >= 0.6 is 0 Å². The van der Waals surface area contributed by atoms with Gasteiger partial charge >= 0.3 is 0 Å². The molecule has 1 aliphatic heterocycles. The number of ether oxygens (including phenoxy) is 4. The van der Waals surface area contributed by atoms with E-state index in [1.54, 1.807) is 50.5 Å². The molecule has 1 saturated heterocycles. The second-order valence-corrected chi connectivity index (χ2v) is 11.0. The zero-order valence-electron chi connectivity index (χ0n) is 26.8. The van der Waals surface area contributed by atoms with Gasteiger partial charge in [-0.1, -0.05) is 24.3 Å². The van der Waals surface area contributed by atoms with Gasteiger partial charge in [-0.25, -0.2) is 19.5 Å². The Morgan fingerprint density at radius 1 is 0.915 bits per heavy atom. The zero-order chi connectivity index (χ0) is 32.6. The minimum absolute atomic E-state index is 0.276. The zero-order valence-corrected chi connectivity index (χ0v) is 26.8. The third-order valence-electron chi connectivity index (χ3n) is 7.85. The first-order chi connectivity index (χ1) is 23.0. The average Bonchev–Trinajstić information content (AvgIpc) is 3.57. The summed E-state index contributed by atoms with van der Waals surface area (Å²) in [4.78, 5) is 31.7. The number of carbonyl (C=O) groups is 1. The number of morpholine rings is 1. The van der Waals surface area contributed by atoms with Crippen molar-refractivity contribution in [1.82, 2.24) is 29.9 Å². The molecule has 0 unspecified atom stereocenters. The molecule has 0 atom stereocenters. The molecule has 4 heterocycles. The van der Waals surface area contributed by atoms with Crippen molar-refractivity contribution in [3.63, 3.8) is 0 Å². The van der Waals surface area contributed by atoms with Crippen LogP contribution in [0.4, 0.5) is 11.8 Å².